The first-order valence-corrected chi connectivity index (χ1v) is 13.5. The molecule has 0 saturated carbocycles. The summed E-state index contributed by atoms with van der Waals surface area (Å²) in [4.78, 5) is 31.4. The number of nitrogens with zero attached hydrogens (tertiary/aromatic N) is 3. The average molecular weight is 530 g/mol. The molecular formula is C31H35N3O5. The van der Waals surface area contributed by atoms with Gasteiger partial charge in [-0.3, -0.25) is 14.6 Å². The van der Waals surface area contributed by atoms with Crippen LogP contribution in [0.15, 0.2) is 72.8 Å². The quantitative estimate of drug-likeness (QED) is 0.447. The Balaban J connectivity index is 1.32. The fourth-order valence-corrected chi connectivity index (χ4v) is 4.92. The van der Waals surface area contributed by atoms with E-state index in [1.165, 1.54) is 5.56 Å². The van der Waals surface area contributed by atoms with E-state index >= 15 is 0 Å². The Morgan fingerprint density at radius 2 is 1.26 bits per heavy atom. The van der Waals surface area contributed by atoms with Gasteiger partial charge in [-0.25, -0.2) is 4.79 Å². The molecule has 2 amide bonds. The number of ether oxygens (including phenoxy) is 2. The molecular weight excluding hydrogens is 494 g/mol. The van der Waals surface area contributed by atoms with Crippen LogP contribution in [-0.2, 0) is 22.6 Å². The zero-order valence-corrected chi connectivity index (χ0v) is 22.1. The second-order valence-electron chi connectivity index (χ2n) is 9.88. The van der Waals surface area contributed by atoms with Crippen LogP contribution >= 0.6 is 0 Å². The number of aliphatic hydroxyl groups is 1. The van der Waals surface area contributed by atoms with Gasteiger partial charge in [-0.15, -0.1) is 0 Å². The van der Waals surface area contributed by atoms with Gasteiger partial charge < -0.3 is 19.5 Å². The summed E-state index contributed by atoms with van der Waals surface area (Å²) in [6, 6.07) is 23.7. The average Bonchev–Trinajstić information content (AvgIpc) is 3.01. The molecule has 3 aromatic carbocycles. The Morgan fingerprint density at radius 3 is 1.85 bits per heavy atom. The molecule has 39 heavy (non-hydrogen) atoms. The van der Waals surface area contributed by atoms with Gasteiger partial charge >= 0.3 is 6.03 Å². The summed E-state index contributed by atoms with van der Waals surface area (Å²) < 4.78 is 10.9. The number of benzene rings is 3. The third kappa shape index (κ3) is 6.91. The number of Topliss-reactive ketones (excluding diaryl/α,β-unsaturated/α-hetero) is 1. The van der Waals surface area contributed by atoms with Gasteiger partial charge in [0, 0.05) is 44.0 Å². The number of carbonyl (C=O) groups is 2. The third-order valence-corrected chi connectivity index (χ3v) is 7.25. The highest BCUT2D eigenvalue weighted by molar-refractivity contribution is 5.97. The van der Waals surface area contributed by atoms with E-state index in [1.807, 2.05) is 29.2 Å². The summed E-state index contributed by atoms with van der Waals surface area (Å²) in [5.74, 6) is -0.326. The highest BCUT2D eigenvalue weighted by Crippen LogP contribution is 2.26. The van der Waals surface area contributed by atoms with Crippen molar-refractivity contribution in [2.75, 3.05) is 64.1 Å². The number of rotatable bonds is 8. The van der Waals surface area contributed by atoms with Gasteiger partial charge in [0.25, 0.3) is 0 Å². The second-order valence-corrected chi connectivity index (χ2v) is 9.88. The van der Waals surface area contributed by atoms with Crippen LogP contribution in [0.4, 0.5) is 10.5 Å². The van der Waals surface area contributed by atoms with E-state index in [-0.39, 0.29) is 11.8 Å². The van der Waals surface area contributed by atoms with Crippen LogP contribution < -0.4 is 4.90 Å². The monoisotopic (exact) mass is 529 g/mol. The fourth-order valence-electron chi connectivity index (χ4n) is 4.92. The van der Waals surface area contributed by atoms with Crippen LogP contribution in [0.1, 0.15) is 21.5 Å². The SMILES string of the molecule is O=C(CO)c1ccc(CN(C(=O)N2CCOCC2)c2ccc(-c3ccc(CN4CCOCC4)cc3)cc2)cc1. The van der Waals surface area contributed by atoms with Gasteiger partial charge in [-0.1, -0.05) is 60.7 Å². The van der Waals surface area contributed by atoms with Crippen molar-refractivity contribution in [2.45, 2.75) is 13.1 Å². The Bertz CT molecular complexity index is 1230. The maximum atomic E-state index is 13.6. The molecule has 2 fully saturated rings. The maximum absolute atomic E-state index is 13.6. The molecule has 2 aliphatic rings. The molecule has 204 valence electrons. The molecule has 1 N–H and O–H groups in total. The summed E-state index contributed by atoms with van der Waals surface area (Å²) in [5.41, 5.74) is 5.64. The van der Waals surface area contributed by atoms with E-state index in [0.29, 0.717) is 38.4 Å². The van der Waals surface area contributed by atoms with Crippen molar-refractivity contribution in [3.8, 4) is 11.1 Å². The number of hydrogen-bond donors (Lipinski definition) is 1. The smallest absolute Gasteiger partial charge is 0.324 e. The standard InChI is InChI=1S/C31H35N3O5/c35-23-30(36)28-7-3-25(4-8-28)22-34(31(37)33-15-19-39-20-16-33)29-11-9-27(10-12-29)26-5-1-24(2-6-26)21-32-13-17-38-18-14-32/h1-12,35H,13-23H2. The second kappa shape index (κ2) is 13.0. The first-order chi connectivity index (χ1) is 19.1. The highest BCUT2D eigenvalue weighted by atomic mass is 16.5. The number of hydrogen-bond acceptors (Lipinski definition) is 6. The normalized spacial score (nSPS) is 16.2. The zero-order valence-electron chi connectivity index (χ0n) is 22.1. The van der Waals surface area contributed by atoms with Gasteiger partial charge in [0.2, 0.25) is 0 Å². The molecule has 0 unspecified atom stereocenters. The van der Waals surface area contributed by atoms with E-state index in [0.717, 1.165) is 55.2 Å². The first-order valence-electron chi connectivity index (χ1n) is 13.5. The molecule has 2 aliphatic heterocycles. The van der Waals surface area contributed by atoms with Crippen molar-refractivity contribution in [3.63, 3.8) is 0 Å². The summed E-state index contributed by atoms with van der Waals surface area (Å²) in [5, 5.41) is 9.13. The van der Waals surface area contributed by atoms with Crippen LogP contribution in [0.3, 0.4) is 0 Å². The van der Waals surface area contributed by atoms with E-state index in [4.69, 9.17) is 14.6 Å². The lowest BCUT2D eigenvalue weighted by atomic mass is 10.0. The molecule has 0 spiro atoms. The molecule has 8 nitrogen and oxygen atoms in total. The molecule has 0 aliphatic carbocycles. The van der Waals surface area contributed by atoms with Gasteiger partial charge in [-0.05, 0) is 34.4 Å². The van der Waals surface area contributed by atoms with Crippen LogP contribution in [0, 0.1) is 0 Å². The Labute approximate surface area is 229 Å². The van der Waals surface area contributed by atoms with Crippen LogP contribution in [-0.4, -0.2) is 85.9 Å². The molecule has 3 aromatic rings. The van der Waals surface area contributed by atoms with Crippen LogP contribution in [0.25, 0.3) is 11.1 Å². The van der Waals surface area contributed by atoms with E-state index in [9.17, 15) is 9.59 Å². The number of morpholine rings is 2. The summed E-state index contributed by atoms with van der Waals surface area (Å²) in [7, 11) is 0. The topological polar surface area (TPSA) is 82.5 Å². The van der Waals surface area contributed by atoms with Crippen molar-refractivity contribution in [1.82, 2.24) is 9.80 Å². The van der Waals surface area contributed by atoms with Crippen molar-refractivity contribution >= 4 is 17.5 Å². The third-order valence-electron chi connectivity index (χ3n) is 7.25. The molecule has 0 aromatic heterocycles. The summed E-state index contributed by atoms with van der Waals surface area (Å²) in [6.07, 6.45) is 0. The van der Waals surface area contributed by atoms with Crippen molar-refractivity contribution < 1.29 is 24.2 Å². The molecule has 0 atom stereocenters. The number of urea groups is 1. The lowest BCUT2D eigenvalue weighted by Crippen LogP contribution is -2.48. The lowest BCUT2D eigenvalue weighted by Gasteiger charge is -2.33. The number of aliphatic hydroxyl groups excluding tert-OH is 1. The Hall–Kier alpha value is -3.56. The van der Waals surface area contributed by atoms with Crippen LogP contribution in [0.2, 0.25) is 0 Å². The summed E-state index contributed by atoms with van der Waals surface area (Å²) in [6.45, 7) is 6.44. The molecule has 2 saturated heterocycles. The number of carbonyl (C=O) groups excluding carboxylic acids is 2. The molecule has 2 heterocycles. The molecule has 8 heteroatoms. The van der Waals surface area contributed by atoms with E-state index in [2.05, 4.69) is 41.3 Å². The Morgan fingerprint density at radius 1 is 0.718 bits per heavy atom. The van der Waals surface area contributed by atoms with Crippen LogP contribution in [0.5, 0.6) is 0 Å². The molecule has 0 bridgehead atoms. The largest absolute Gasteiger partial charge is 0.388 e. The van der Waals surface area contributed by atoms with Crippen molar-refractivity contribution in [3.05, 3.63) is 89.5 Å². The number of ketones is 1. The maximum Gasteiger partial charge on any atom is 0.324 e. The van der Waals surface area contributed by atoms with Gasteiger partial charge in [0.1, 0.15) is 6.61 Å². The van der Waals surface area contributed by atoms with Crippen molar-refractivity contribution in [2.24, 2.45) is 0 Å². The molecule has 5 rings (SSSR count). The predicted molar refractivity (Wildman–Crippen MR) is 150 cm³/mol. The van der Waals surface area contributed by atoms with Gasteiger partial charge in [0.15, 0.2) is 5.78 Å². The molecule has 0 radical (unpaired) electrons. The van der Waals surface area contributed by atoms with Gasteiger partial charge in [-0.2, -0.15) is 0 Å². The zero-order chi connectivity index (χ0) is 27.0. The van der Waals surface area contributed by atoms with Crippen molar-refractivity contribution in [1.29, 1.82) is 0 Å². The minimum atomic E-state index is -0.524. The van der Waals surface area contributed by atoms with E-state index < -0.39 is 6.61 Å². The fraction of sp³-hybridized carbons (Fsp3) is 0.355. The lowest BCUT2D eigenvalue weighted by molar-refractivity contribution is 0.0342. The predicted octanol–water partition coefficient (Wildman–Crippen LogP) is 3.82. The number of anilines is 1. The minimum Gasteiger partial charge on any atom is -0.388 e. The highest BCUT2D eigenvalue weighted by Gasteiger charge is 2.24. The Kier molecular flexibility index (Phi) is 9.00. The van der Waals surface area contributed by atoms with Gasteiger partial charge in [0.05, 0.1) is 33.0 Å². The first kappa shape index (κ1) is 27.0. The van der Waals surface area contributed by atoms with E-state index in [1.54, 1.807) is 17.0 Å². The summed E-state index contributed by atoms with van der Waals surface area (Å²) >= 11 is 0. The minimum absolute atomic E-state index is 0.0750. The number of amides is 2.